The fourth-order valence-electron chi connectivity index (χ4n) is 2.43. The Kier molecular flexibility index (Phi) is 4.12. The average molecular weight is 277 g/mol. The number of amides is 2. The number of ether oxygens (including phenoxy) is 1. The quantitative estimate of drug-likeness (QED) is 0.791. The van der Waals surface area contributed by atoms with Crippen molar-refractivity contribution in [3.05, 3.63) is 23.8 Å². The molecule has 108 valence electrons. The number of primary amides is 1. The van der Waals surface area contributed by atoms with Gasteiger partial charge in [0.2, 0.25) is 5.91 Å². The van der Waals surface area contributed by atoms with Gasteiger partial charge in [0, 0.05) is 24.7 Å². The van der Waals surface area contributed by atoms with Crippen molar-refractivity contribution in [3.8, 4) is 5.75 Å². The van der Waals surface area contributed by atoms with E-state index >= 15 is 0 Å². The molecule has 0 spiro atoms. The molecule has 4 N–H and O–H groups in total. The summed E-state index contributed by atoms with van der Waals surface area (Å²) in [7, 11) is 1.52. The zero-order chi connectivity index (χ0) is 14.7. The van der Waals surface area contributed by atoms with Gasteiger partial charge in [-0.1, -0.05) is 0 Å². The molecule has 1 fully saturated rings. The molecule has 1 heterocycles. The van der Waals surface area contributed by atoms with Gasteiger partial charge in [0.1, 0.15) is 5.75 Å². The summed E-state index contributed by atoms with van der Waals surface area (Å²) in [5, 5.41) is 0. The summed E-state index contributed by atoms with van der Waals surface area (Å²) in [6, 6.07) is 4.98. The van der Waals surface area contributed by atoms with E-state index in [4.69, 9.17) is 16.2 Å². The average Bonchev–Trinajstić information content (AvgIpc) is 2.46. The monoisotopic (exact) mass is 277 g/mol. The van der Waals surface area contributed by atoms with Crippen LogP contribution in [-0.2, 0) is 4.79 Å². The molecule has 1 aromatic carbocycles. The van der Waals surface area contributed by atoms with Crippen LogP contribution in [0.25, 0.3) is 0 Å². The summed E-state index contributed by atoms with van der Waals surface area (Å²) < 4.78 is 5.19. The minimum Gasteiger partial charge on any atom is -0.496 e. The second kappa shape index (κ2) is 5.81. The molecule has 0 atom stereocenters. The number of likely N-dealkylation sites (tertiary alicyclic amines) is 1. The van der Waals surface area contributed by atoms with Crippen molar-refractivity contribution in [3.63, 3.8) is 0 Å². The third kappa shape index (κ3) is 2.84. The molecule has 20 heavy (non-hydrogen) atoms. The number of nitrogen functional groups attached to an aromatic ring is 1. The van der Waals surface area contributed by atoms with Gasteiger partial charge in [-0.15, -0.1) is 0 Å². The van der Waals surface area contributed by atoms with Crippen molar-refractivity contribution in [2.45, 2.75) is 12.8 Å². The fourth-order valence-corrected chi connectivity index (χ4v) is 2.43. The molecule has 6 heteroatoms. The van der Waals surface area contributed by atoms with E-state index in [1.807, 2.05) is 0 Å². The van der Waals surface area contributed by atoms with Crippen molar-refractivity contribution >= 4 is 17.5 Å². The molecule has 0 unspecified atom stereocenters. The van der Waals surface area contributed by atoms with Crippen LogP contribution in [0.2, 0.25) is 0 Å². The van der Waals surface area contributed by atoms with Crippen molar-refractivity contribution < 1.29 is 14.3 Å². The van der Waals surface area contributed by atoms with Crippen LogP contribution in [0.15, 0.2) is 18.2 Å². The molecule has 0 saturated carbocycles. The van der Waals surface area contributed by atoms with Gasteiger partial charge in [0.25, 0.3) is 5.91 Å². The number of rotatable bonds is 3. The lowest BCUT2D eigenvalue weighted by atomic mass is 9.95. The summed E-state index contributed by atoms with van der Waals surface area (Å²) in [5.41, 5.74) is 12.0. The van der Waals surface area contributed by atoms with Crippen LogP contribution < -0.4 is 16.2 Å². The van der Waals surface area contributed by atoms with Crippen LogP contribution in [0.1, 0.15) is 23.2 Å². The Hall–Kier alpha value is -2.24. The van der Waals surface area contributed by atoms with Gasteiger partial charge < -0.3 is 21.1 Å². The highest BCUT2D eigenvalue weighted by Crippen LogP contribution is 2.25. The summed E-state index contributed by atoms with van der Waals surface area (Å²) in [5.74, 6) is -0.0567. The number of carbonyl (C=O) groups is 2. The number of nitrogens with two attached hydrogens (primary N) is 2. The maximum atomic E-state index is 12.5. The molecule has 1 saturated heterocycles. The van der Waals surface area contributed by atoms with E-state index in [1.165, 1.54) is 7.11 Å². The molecule has 0 aliphatic carbocycles. The number of nitrogens with zero attached hydrogens (tertiary/aromatic N) is 1. The zero-order valence-corrected chi connectivity index (χ0v) is 11.5. The van der Waals surface area contributed by atoms with Gasteiger partial charge in [0.05, 0.1) is 12.7 Å². The first-order valence-electron chi connectivity index (χ1n) is 6.55. The fraction of sp³-hybridized carbons (Fsp3) is 0.429. The molecule has 1 aliphatic heterocycles. The third-order valence-electron chi connectivity index (χ3n) is 3.64. The minimum atomic E-state index is -0.293. The van der Waals surface area contributed by atoms with Crippen LogP contribution in [0.3, 0.4) is 0 Å². The second-order valence-electron chi connectivity index (χ2n) is 4.93. The first-order chi connectivity index (χ1) is 9.52. The lowest BCUT2D eigenvalue weighted by Crippen LogP contribution is -2.41. The Morgan fingerprint density at radius 1 is 1.30 bits per heavy atom. The lowest BCUT2D eigenvalue weighted by Gasteiger charge is -2.31. The molecule has 0 aromatic heterocycles. The van der Waals surface area contributed by atoms with Gasteiger partial charge >= 0.3 is 0 Å². The topological polar surface area (TPSA) is 98.7 Å². The van der Waals surface area contributed by atoms with Crippen molar-refractivity contribution in [1.82, 2.24) is 4.90 Å². The van der Waals surface area contributed by atoms with E-state index in [-0.39, 0.29) is 17.7 Å². The smallest absolute Gasteiger partial charge is 0.257 e. The first-order valence-corrected chi connectivity index (χ1v) is 6.55. The molecule has 1 aromatic rings. The summed E-state index contributed by atoms with van der Waals surface area (Å²) >= 11 is 0. The highest BCUT2D eigenvalue weighted by atomic mass is 16.5. The normalized spacial score (nSPS) is 15.9. The van der Waals surface area contributed by atoms with Crippen LogP contribution in [0.5, 0.6) is 5.75 Å². The Morgan fingerprint density at radius 3 is 2.50 bits per heavy atom. The van der Waals surface area contributed by atoms with Gasteiger partial charge in [0.15, 0.2) is 0 Å². The number of hydrogen-bond acceptors (Lipinski definition) is 4. The number of piperidine rings is 1. The Bertz CT molecular complexity index is 522. The Labute approximate surface area is 117 Å². The highest BCUT2D eigenvalue weighted by Gasteiger charge is 2.27. The number of hydrogen-bond donors (Lipinski definition) is 2. The summed E-state index contributed by atoms with van der Waals surface area (Å²) in [6.07, 6.45) is 1.21. The molecule has 2 rings (SSSR count). The molecular weight excluding hydrogens is 258 g/mol. The highest BCUT2D eigenvalue weighted by molar-refractivity contribution is 5.98. The lowest BCUT2D eigenvalue weighted by molar-refractivity contribution is -0.123. The number of benzene rings is 1. The van der Waals surface area contributed by atoms with Crippen LogP contribution in [0.4, 0.5) is 5.69 Å². The third-order valence-corrected chi connectivity index (χ3v) is 3.64. The predicted molar refractivity (Wildman–Crippen MR) is 75.2 cm³/mol. The van der Waals surface area contributed by atoms with Gasteiger partial charge in [-0.25, -0.2) is 0 Å². The molecule has 2 amide bonds. The van der Waals surface area contributed by atoms with Crippen molar-refractivity contribution in [2.75, 3.05) is 25.9 Å². The Balaban J connectivity index is 2.13. The van der Waals surface area contributed by atoms with E-state index in [0.717, 1.165) is 0 Å². The summed E-state index contributed by atoms with van der Waals surface area (Å²) in [6.45, 7) is 1.04. The molecule has 0 radical (unpaired) electrons. The van der Waals surface area contributed by atoms with Crippen LogP contribution >= 0.6 is 0 Å². The zero-order valence-electron chi connectivity index (χ0n) is 11.5. The standard InChI is InChI=1S/C14H19N3O3/c1-20-12-3-2-10(15)8-11(12)14(19)17-6-4-9(5-7-17)13(16)18/h2-3,8-9H,4-7,15H2,1H3,(H2,16,18). The number of carbonyl (C=O) groups excluding carboxylic acids is 2. The van der Waals surface area contributed by atoms with Gasteiger partial charge in [-0.3, -0.25) is 9.59 Å². The number of methoxy groups -OCH3 is 1. The second-order valence-corrected chi connectivity index (χ2v) is 4.93. The maximum absolute atomic E-state index is 12.5. The van der Waals surface area contributed by atoms with Gasteiger partial charge in [-0.05, 0) is 31.0 Å². The van der Waals surface area contributed by atoms with E-state index < -0.39 is 0 Å². The number of anilines is 1. The molecule has 1 aliphatic rings. The largest absolute Gasteiger partial charge is 0.496 e. The van der Waals surface area contributed by atoms with Crippen LogP contribution in [0, 0.1) is 5.92 Å². The summed E-state index contributed by atoms with van der Waals surface area (Å²) in [4.78, 5) is 25.3. The van der Waals surface area contributed by atoms with Crippen molar-refractivity contribution in [1.29, 1.82) is 0 Å². The minimum absolute atomic E-state index is 0.128. The van der Waals surface area contributed by atoms with Gasteiger partial charge in [-0.2, -0.15) is 0 Å². The Morgan fingerprint density at radius 2 is 1.95 bits per heavy atom. The van der Waals surface area contributed by atoms with Crippen molar-refractivity contribution in [2.24, 2.45) is 11.7 Å². The van der Waals surface area contributed by atoms with E-state index in [1.54, 1.807) is 23.1 Å². The SMILES string of the molecule is COc1ccc(N)cc1C(=O)N1CCC(C(N)=O)CC1. The van der Waals surface area contributed by atoms with E-state index in [0.29, 0.717) is 42.9 Å². The van der Waals surface area contributed by atoms with Crippen LogP contribution in [-0.4, -0.2) is 36.9 Å². The molecular formula is C14H19N3O3. The van der Waals surface area contributed by atoms with E-state index in [2.05, 4.69) is 0 Å². The maximum Gasteiger partial charge on any atom is 0.257 e. The van der Waals surface area contributed by atoms with E-state index in [9.17, 15) is 9.59 Å². The predicted octanol–water partition coefficient (Wildman–Crippen LogP) is 0.615. The molecule has 0 bridgehead atoms. The first kappa shape index (κ1) is 14.2. The molecule has 6 nitrogen and oxygen atoms in total.